The molecule has 0 bridgehead atoms. The van der Waals surface area contributed by atoms with Crippen LogP contribution in [0.4, 0.5) is 0 Å². The van der Waals surface area contributed by atoms with E-state index in [1.165, 1.54) is 0 Å². The highest BCUT2D eigenvalue weighted by atomic mass is 35.5. The molecule has 2 nitrogen and oxygen atoms in total. The van der Waals surface area contributed by atoms with Crippen LogP contribution in [0.3, 0.4) is 0 Å². The summed E-state index contributed by atoms with van der Waals surface area (Å²) < 4.78 is 5.59. The molecule has 0 spiro atoms. The fourth-order valence-electron chi connectivity index (χ4n) is 2.41. The second kappa shape index (κ2) is 7.58. The summed E-state index contributed by atoms with van der Waals surface area (Å²) in [5.41, 5.74) is 0.589. The number of hydrogen-bond acceptors (Lipinski definition) is 2. The maximum absolute atomic E-state index is 12.3. The molecule has 0 aromatic carbocycles. The largest absolute Gasteiger partial charge is 0.444 e. The van der Waals surface area contributed by atoms with E-state index in [0.717, 1.165) is 5.57 Å². The first-order valence-electron chi connectivity index (χ1n) is 6.67. The first kappa shape index (κ1) is 18.4. The molecule has 0 amide bonds. The Labute approximate surface area is 141 Å². The summed E-state index contributed by atoms with van der Waals surface area (Å²) in [5.74, 6) is 2.36. The van der Waals surface area contributed by atoms with Crippen LogP contribution in [-0.2, 0) is 9.53 Å². The van der Waals surface area contributed by atoms with Crippen LogP contribution in [0, 0.1) is 29.6 Å². The van der Waals surface area contributed by atoms with Crippen molar-refractivity contribution in [3.8, 4) is 12.3 Å². The topological polar surface area (TPSA) is 26.3 Å². The minimum atomic E-state index is -0.659. The molecule has 0 aliphatic heterocycles. The zero-order valence-electron chi connectivity index (χ0n) is 12.3. The van der Waals surface area contributed by atoms with Gasteiger partial charge in [-0.3, -0.25) is 4.79 Å². The van der Waals surface area contributed by atoms with Crippen molar-refractivity contribution in [2.24, 2.45) is 17.3 Å². The SMILES string of the molecule is C#CC(OC(=O)C1C(C=C(Cl)Cl)C1(C)C)/C(C)=C/CCCl. The number of esters is 1. The summed E-state index contributed by atoms with van der Waals surface area (Å²) in [6.07, 6.45) is 9.03. The zero-order valence-corrected chi connectivity index (χ0v) is 14.6. The molecule has 1 rings (SSSR count). The Hall–Kier alpha value is -0.620. The highest BCUT2D eigenvalue weighted by Gasteiger charge is 2.61. The van der Waals surface area contributed by atoms with Crippen LogP contribution in [-0.4, -0.2) is 18.0 Å². The molecule has 3 unspecified atom stereocenters. The quantitative estimate of drug-likeness (QED) is 0.301. The van der Waals surface area contributed by atoms with Gasteiger partial charge in [0.05, 0.1) is 5.92 Å². The fourth-order valence-corrected chi connectivity index (χ4v) is 2.79. The van der Waals surface area contributed by atoms with Crippen LogP contribution < -0.4 is 0 Å². The number of hydrogen-bond donors (Lipinski definition) is 0. The number of ether oxygens (including phenoxy) is 1. The van der Waals surface area contributed by atoms with E-state index in [1.54, 1.807) is 6.08 Å². The number of terminal acetylenes is 1. The third-order valence-electron chi connectivity index (χ3n) is 3.84. The van der Waals surface area contributed by atoms with Crippen molar-refractivity contribution in [1.29, 1.82) is 0 Å². The van der Waals surface area contributed by atoms with E-state index in [0.29, 0.717) is 12.3 Å². The van der Waals surface area contributed by atoms with Gasteiger partial charge in [-0.2, -0.15) is 0 Å². The molecule has 1 fully saturated rings. The first-order valence-corrected chi connectivity index (χ1v) is 7.96. The Morgan fingerprint density at radius 1 is 1.48 bits per heavy atom. The number of carbonyl (C=O) groups excluding carboxylic acids is 1. The Morgan fingerprint density at radius 3 is 2.57 bits per heavy atom. The molecule has 0 N–H and O–H groups in total. The highest BCUT2D eigenvalue weighted by Crippen LogP contribution is 2.60. The van der Waals surface area contributed by atoms with Gasteiger partial charge in [-0.1, -0.05) is 49.0 Å². The van der Waals surface area contributed by atoms with Gasteiger partial charge in [0.25, 0.3) is 0 Å². The Balaban J connectivity index is 2.73. The average molecular weight is 350 g/mol. The molecule has 5 heteroatoms. The van der Waals surface area contributed by atoms with Crippen LogP contribution in [0.5, 0.6) is 0 Å². The lowest BCUT2D eigenvalue weighted by Crippen LogP contribution is -2.20. The third kappa shape index (κ3) is 4.68. The minimum Gasteiger partial charge on any atom is -0.444 e. The molecular formula is C16H19Cl3O2. The Morgan fingerprint density at radius 2 is 2.10 bits per heavy atom. The predicted octanol–water partition coefficient (Wildman–Crippen LogP) is 4.70. The normalized spacial score (nSPS) is 24.7. The summed E-state index contributed by atoms with van der Waals surface area (Å²) in [7, 11) is 0. The molecule has 21 heavy (non-hydrogen) atoms. The van der Waals surface area contributed by atoms with Gasteiger partial charge in [-0.25, -0.2) is 0 Å². The second-order valence-corrected chi connectivity index (χ2v) is 7.08. The fraction of sp³-hybridized carbons (Fsp3) is 0.562. The second-order valence-electron chi connectivity index (χ2n) is 5.69. The van der Waals surface area contributed by atoms with Gasteiger partial charge in [0.2, 0.25) is 0 Å². The molecule has 1 aliphatic rings. The van der Waals surface area contributed by atoms with E-state index >= 15 is 0 Å². The van der Waals surface area contributed by atoms with E-state index < -0.39 is 6.10 Å². The Kier molecular flexibility index (Phi) is 6.66. The third-order valence-corrected chi connectivity index (χ3v) is 4.31. The van der Waals surface area contributed by atoms with Crippen LogP contribution in [0.15, 0.2) is 22.2 Å². The van der Waals surface area contributed by atoms with Gasteiger partial charge in [-0.05, 0) is 36.3 Å². The molecule has 0 radical (unpaired) electrons. The first-order chi connectivity index (χ1) is 9.75. The van der Waals surface area contributed by atoms with Crippen molar-refractivity contribution in [3.63, 3.8) is 0 Å². The number of carbonyl (C=O) groups is 1. The molecule has 0 heterocycles. The molecule has 3 atom stereocenters. The number of allylic oxidation sites excluding steroid dienone is 2. The summed E-state index contributed by atoms with van der Waals surface area (Å²) in [6.45, 7) is 5.77. The lowest BCUT2D eigenvalue weighted by molar-refractivity contribution is -0.147. The van der Waals surface area contributed by atoms with Crippen LogP contribution >= 0.6 is 34.8 Å². The Bertz CT molecular complexity index is 496. The van der Waals surface area contributed by atoms with Gasteiger partial charge in [0.1, 0.15) is 4.49 Å². The highest BCUT2D eigenvalue weighted by molar-refractivity contribution is 6.55. The molecule has 1 aliphatic carbocycles. The van der Waals surface area contributed by atoms with Gasteiger partial charge >= 0.3 is 5.97 Å². The molecule has 1 saturated carbocycles. The molecule has 0 saturated heterocycles. The molecular weight excluding hydrogens is 331 g/mol. The van der Waals surface area contributed by atoms with Gasteiger partial charge in [0.15, 0.2) is 6.10 Å². The van der Waals surface area contributed by atoms with Crippen molar-refractivity contribution >= 4 is 40.8 Å². The number of rotatable bonds is 6. The maximum Gasteiger partial charge on any atom is 0.311 e. The predicted molar refractivity (Wildman–Crippen MR) is 88.4 cm³/mol. The lowest BCUT2D eigenvalue weighted by atomic mass is 10.1. The van der Waals surface area contributed by atoms with E-state index in [-0.39, 0.29) is 27.7 Å². The van der Waals surface area contributed by atoms with Crippen LogP contribution in [0.25, 0.3) is 0 Å². The van der Waals surface area contributed by atoms with E-state index in [4.69, 9.17) is 46.0 Å². The monoisotopic (exact) mass is 348 g/mol. The van der Waals surface area contributed by atoms with Gasteiger partial charge in [-0.15, -0.1) is 18.0 Å². The number of halogens is 3. The van der Waals surface area contributed by atoms with Gasteiger partial charge < -0.3 is 4.74 Å². The van der Waals surface area contributed by atoms with Crippen LogP contribution in [0.1, 0.15) is 27.2 Å². The van der Waals surface area contributed by atoms with E-state index in [1.807, 2.05) is 26.8 Å². The lowest BCUT2D eigenvalue weighted by Gasteiger charge is -2.13. The zero-order chi connectivity index (χ0) is 16.2. The van der Waals surface area contributed by atoms with Crippen molar-refractivity contribution in [3.05, 3.63) is 22.2 Å². The standard InChI is InChI=1S/C16H19Cl3O2/c1-5-12(10(2)7-6-8-17)21-15(20)14-11(9-13(18)19)16(14,3)4/h1,7,9,11-12,14H,6,8H2,2-4H3/b10-7+. The molecule has 0 aromatic rings. The summed E-state index contributed by atoms with van der Waals surface area (Å²) in [4.78, 5) is 12.3. The van der Waals surface area contributed by atoms with E-state index in [2.05, 4.69) is 5.92 Å². The minimum absolute atomic E-state index is 0.0273. The maximum atomic E-state index is 12.3. The smallest absolute Gasteiger partial charge is 0.311 e. The average Bonchev–Trinajstić information content (AvgIpc) is 2.93. The number of alkyl halides is 1. The summed E-state index contributed by atoms with van der Waals surface area (Å²) in [5, 5.41) is 0. The summed E-state index contributed by atoms with van der Waals surface area (Å²) >= 11 is 17.0. The molecule has 0 aromatic heterocycles. The summed E-state index contributed by atoms with van der Waals surface area (Å²) in [6, 6.07) is 0. The van der Waals surface area contributed by atoms with Crippen molar-refractivity contribution < 1.29 is 9.53 Å². The van der Waals surface area contributed by atoms with Crippen molar-refractivity contribution in [2.45, 2.75) is 33.3 Å². The van der Waals surface area contributed by atoms with Crippen molar-refractivity contribution in [1.82, 2.24) is 0 Å². The van der Waals surface area contributed by atoms with Crippen molar-refractivity contribution in [2.75, 3.05) is 5.88 Å². The van der Waals surface area contributed by atoms with Crippen LogP contribution in [0.2, 0.25) is 0 Å². The molecule has 116 valence electrons. The van der Waals surface area contributed by atoms with E-state index in [9.17, 15) is 4.79 Å². The van der Waals surface area contributed by atoms with Gasteiger partial charge in [0, 0.05) is 5.88 Å².